The first-order valence-corrected chi connectivity index (χ1v) is 10.0. The van der Waals surface area contributed by atoms with Crippen LogP contribution in [0, 0.1) is 0 Å². The summed E-state index contributed by atoms with van der Waals surface area (Å²) in [4.78, 5) is 8.68. The molecule has 0 aliphatic carbocycles. The minimum absolute atomic E-state index is 0.331. The topological polar surface area (TPSA) is 92.7 Å². The highest BCUT2D eigenvalue weighted by Crippen LogP contribution is 2.13. The molecule has 1 aromatic heterocycles. The van der Waals surface area contributed by atoms with Crippen LogP contribution in [0.25, 0.3) is 0 Å². The molecular weight excluding hydrogens is 352 g/mol. The fraction of sp³-hybridized carbons (Fsp3) is 0.333. The minimum atomic E-state index is -3.16. The SMILES string of the molecule is CN=C(NCCc1ccc(S(C)(=O)=O)cc1)NCc1cccnc1OC. The number of methoxy groups -OCH3 is 1. The van der Waals surface area contributed by atoms with E-state index in [1.165, 1.54) is 6.26 Å². The average molecular weight is 376 g/mol. The van der Waals surface area contributed by atoms with E-state index in [9.17, 15) is 8.42 Å². The molecule has 7 nitrogen and oxygen atoms in total. The molecule has 26 heavy (non-hydrogen) atoms. The Hall–Kier alpha value is -2.61. The molecule has 0 aliphatic rings. The van der Waals surface area contributed by atoms with Gasteiger partial charge in [0.05, 0.1) is 12.0 Å². The molecule has 0 amide bonds. The number of guanidine groups is 1. The third-order valence-electron chi connectivity index (χ3n) is 3.77. The zero-order chi connectivity index (χ0) is 19.0. The van der Waals surface area contributed by atoms with Crippen LogP contribution in [0.1, 0.15) is 11.1 Å². The third kappa shape index (κ3) is 5.73. The maximum absolute atomic E-state index is 11.5. The van der Waals surface area contributed by atoms with Gasteiger partial charge in [0, 0.05) is 38.2 Å². The summed E-state index contributed by atoms with van der Waals surface area (Å²) >= 11 is 0. The summed E-state index contributed by atoms with van der Waals surface area (Å²) in [5, 5.41) is 6.45. The number of nitrogens with zero attached hydrogens (tertiary/aromatic N) is 2. The van der Waals surface area contributed by atoms with E-state index in [1.54, 1.807) is 32.5 Å². The standard InChI is InChI=1S/C18H24N4O3S/c1-19-18(22-13-15-5-4-11-20-17(15)25-2)21-12-10-14-6-8-16(9-7-14)26(3,23)24/h4-9,11H,10,12-13H2,1-3H3,(H2,19,21,22). The summed E-state index contributed by atoms with van der Waals surface area (Å²) in [5.74, 6) is 1.25. The van der Waals surface area contributed by atoms with E-state index in [1.807, 2.05) is 24.3 Å². The number of nitrogens with one attached hydrogen (secondary N) is 2. The van der Waals surface area contributed by atoms with Gasteiger partial charge in [-0.1, -0.05) is 18.2 Å². The van der Waals surface area contributed by atoms with Crippen LogP contribution in [-0.4, -0.2) is 46.3 Å². The highest BCUT2D eigenvalue weighted by Gasteiger charge is 2.07. The Morgan fingerprint density at radius 3 is 2.54 bits per heavy atom. The lowest BCUT2D eigenvalue weighted by Crippen LogP contribution is -2.37. The van der Waals surface area contributed by atoms with Crippen molar-refractivity contribution in [3.05, 3.63) is 53.7 Å². The number of benzene rings is 1. The first-order chi connectivity index (χ1) is 12.4. The maximum Gasteiger partial charge on any atom is 0.218 e. The maximum atomic E-state index is 11.5. The van der Waals surface area contributed by atoms with Gasteiger partial charge in [-0.25, -0.2) is 13.4 Å². The van der Waals surface area contributed by atoms with Gasteiger partial charge in [0.1, 0.15) is 0 Å². The van der Waals surface area contributed by atoms with Crippen molar-refractivity contribution < 1.29 is 13.2 Å². The van der Waals surface area contributed by atoms with Crippen molar-refractivity contribution in [1.82, 2.24) is 15.6 Å². The van der Waals surface area contributed by atoms with Crippen LogP contribution in [0.5, 0.6) is 5.88 Å². The normalized spacial score (nSPS) is 11.9. The van der Waals surface area contributed by atoms with Crippen molar-refractivity contribution >= 4 is 15.8 Å². The van der Waals surface area contributed by atoms with Crippen molar-refractivity contribution in [1.29, 1.82) is 0 Å². The van der Waals surface area contributed by atoms with E-state index in [2.05, 4.69) is 20.6 Å². The predicted molar refractivity (Wildman–Crippen MR) is 102 cm³/mol. The fourth-order valence-electron chi connectivity index (χ4n) is 2.37. The van der Waals surface area contributed by atoms with E-state index in [-0.39, 0.29) is 0 Å². The smallest absolute Gasteiger partial charge is 0.218 e. The van der Waals surface area contributed by atoms with Gasteiger partial charge in [0.15, 0.2) is 15.8 Å². The van der Waals surface area contributed by atoms with Gasteiger partial charge in [0.25, 0.3) is 0 Å². The average Bonchev–Trinajstić information content (AvgIpc) is 2.64. The Morgan fingerprint density at radius 1 is 1.19 bits per heavy atom. The van der Waals surface area contributed by atoms with Crippen LogP contribution < -0.4 is 15.4 Å². The van der Waals surface area contributed by atoms with E-state index in [0.29, 0.717) is 29.8 Å². The van der Waals surface area contributed by atoms with Crippen molar-refractivity contribution in [2.24, 2.45) is 4.99 Å². The fourth-order valence-corrected chi connectivity index (χ4v) is 3.00. The zero-order valence-corrected chi connectivity index (χ0v) is 16.0. The first-order valence-electron chi connectivity index (χ1n) is 8.15. The summed E-state index contributed by atoms with van der Waals surface area (Å²) in [6, 6.07) is 10.7. The summed E-state index contributed by atoms with van der Waals surface area (Å²) < 4.78 is 28.2. The highest BCUT2D eigenvalue weighted by atomic mass is 32.2. The van der Waals surface area contributed by atoms with Crippen LogP contribution in [0.3, 0.4) is 0 Å². The molecule has 2 aromatic rings. The van der Waals surface area contributed by atoms with Crippen LogP contribution in [-0.2, 0) is 22.8 Å². The number of aliphatic imine (C=N–C) groups is 1. The quantitative estimate of drug-likeness (QED) is 0.561. The second kappa shape index (κ2) is 9.19. The molecule has 0 saturated carbocycles. The number of aromatic nitrogens is 1. The van der Waals surface area contributed by atoms with Crippen molar-refractivity contribution in [2.75, 3.05) is 27.0 Å². The lowest BCUT2D eigenvalue weighted by molar-refractivity contribution is 0.392. The van der Waals surface area contributed by atoms with E-state index >= 15 is 0 Å². The molecule has 1 heterocycles. The van der Waals surface area contributed by atoms with Crippen molar-refractivity contribution in [3.8, 4) is 5.88 Å². The molecule has 0 atom stereocenters. The molecule has 0 aliphatic heterocycles. The lowest BCUT2D eigenvalue weighted by atomic mass is 10.1. The summed E-state index contributed by atoms with van der Waals surface area (Å²) in [6.07, 6.45) is 3.64. The van der Waals surface area contributed by atoms with E-state index in [4.69, 9.17) is 4.74 Å². The summed E-state index contributed by atoms with van der Waals surface area (Å²) in [6.45, 7) is 1.21. The van der Waals surface area contributed by atoms with E-state index < -0.39 is 9.84 Å². The Labute approximate surface area is 154 Å². The summed E-state index contributed by atoms with van der Waals surface area (Å²) in [5.41, 5.74) is 1.99. The van der Waals surface area contributed by atoms with Gasteiger partial charge < -0.3 is 15.4 Å². The third-order valence-corrected chi connectivity index (χ3v) is 4.90. The van der Waals surface area contributed by atoms with Crippen molar-refractivity contribution in [3.63, 3.8) is 0 Å². The van der Waals surface area contributed by atoms with Crippen LogP contribution >= 0.6 is 0 Å². The first kappa shape index (κ1) is 19.7. The molecule has 8 heteroatoms. The Morgan fingerprint density at radius 2 is 1.92 bits per heavy atom. The second-order valence-corrected chi connectivity index (χ2v) is 7.71. The van der Waals surface area contributed by atoms with E-state index in [0.717, 1.165) is 17.5 Å². The Balaban J connectivity index is 1.84. The number of pyridine rings is 1. The molecule has 0 fully saturated rings. The van der Waals surface area contributed by atoms with Gasteiger partial charge in [-0.05, 0) is 30.2 Å². The largest absolute Gasteiger partial charge is 0.481 e. The Kier molecular flexibility index (Phi) is 6.97. The lowest BCUT2D eigenvalue weighted by Gasteiger charge is -2.13. The molecular formula is C18H24N4O3S. The minimum Gasteiger partial charge on any atom is -0.481 e. The molecule has 0 saturated heterocycles. The molecule has 0 bridgehead atoms. The highest BCUT2D eigenvalue weighted by molar-refractivity contribution is 7.90. The number of hydrogen-bond acceptors (Lipinski definition) is 5. The van der Waals surface area contributed by atoms with Gasteiger partial charge in [-0.3, -0.25) is 4.99 Å². The number of sulfone groups is 1. The molecule has 0 spiro atoms. The van der Waals surface area contributed by atoms with Crippen LogP contribution in [0.15, 0.2) is 52.5 Å². The van der Waals surface area contributed by atoms with Gasteiger partial charge in [-0.15, -0.1) is 0 Å². The number of rotatable bonds is 7. The Bertz CT molecular complexity index is 849. The van der Waals surface area contributed by atoms with Gasteiger partial charge in [-0.2, -0.15) is 0 Å². The summed E-state index contributed by atoms with van der Waals surface area (Å²) in [7, 11) is 0.139. The molecule has 2 rings (SSSR count). The predicted octanol–water partition coefficient (Wildman–Crippen LogP) is 1.40. The van der Waals surface area contributed by atoms with Crippen LogP contribution in [0.2, 0.25) is 0 Å². The molecule has 140 valence electrons. The number of hydrogen-bond donors (Lipinski definition) is 2. The number of ether oxygens (including phenoxy) is 1. The monoisotopic (exact) mass is 376 g/mol. The molecule has 0 unspecified atom stereocenters. The van der Waals surface area contributed by atoms with Crippen LogP contribution in [0.4, 0.5) is 0 Å². The van der Waals surface area contributed by atoms with Crippen molar-refractivity contribution in [2.45, 2.75) is 17.9 Å². The second-order valence-electron chi connectivity index (χ2n) is 5.69. The zero-order valence-electron chi connectivity index (χ0n) is 15.2. The molecule has 2 N–H and O–H groups in total. The molecule has 0 radical (unpaired) electrons. The van der Waals surface area contributed by atoms with Gasteiger partial charge in [0.2, 0.25) is 5.88 Å². The molecule has 1 aromatic carbocycles. The van der Waals surface area contributed by atoms with Gasteiger partial charge >= 0.3 is 0 Å².